The molecule has 0 bridgehead atoms. The number of hydrogen-bond donors (Lipinski definition) is 2. The van der Waals surface area contributed by atoms with Gasteiger partial charge in [0.2, 0.25) is 5.91 Å². The third-order valence-electron chi connectivity index (χ3n) is 2.10. The van der Waals surface area contributed by atoms with E-state index >= 15 is 0 Å². The third kappa shape index (κ3) is 2.95. The molecule has 2 rings (SSSR count). The summed E-state index contributed by atoms with van der Waals surface area (Å²) in [5.74, 6) is 0.407. The smallest absolute Gasteiger partial charge is 0.232 e. The van der Waals surface area contributed by atoms with E-state index in [0.29, 0.717) is 12.4 Å². The van der Waals surface area contributed by atoms with Crippen LogP contribution in [0, 0.1) is 6.42 Å². The molecule has 1 aromatic heterocycles. The van der Waals surface area contributed by atoms with Gasteiger partial charge in [-0.3, -0.25) is 4.79 Å². The quantitative estimate of drug-likeness (QED) is 0.805. The summed E-state index contributed by atoms with van der Waals surface area (Å²) >= 11 is 0. The van der Waals surface area contributed by atoms with Gasteiger partial charge in [0.1, 0.15) is 12.2 Å². The maximum absolute atomic E-state index is 11.5. The molecule has 81 valence electrons. The summed E-state index contributed by atoms with van der Waals surface area (Å²) in [5, 5.41) is 2.78. The van der Waals surface area contributed by atoms with Crippen LogP contribution in [0.2, 0.25) is 0 Å². The minimum atomic E-state index is -0.154. The summed E-state index contributed by atoms with van der Waals surface area (Å²) < 4.78 is 0. The fourth-order valence-electron chi connectivity index (χ4n) is 1.32. The summed E-state index contributed by atoms with van der Waals surface area (Å²) in [6, 6.07) is 9.76. The van der Waals surface area contributed by atoms with Crippen molar-refractivity contribution in [1.82, 2.24) is 15.3 Å². The molecule has 4 nitrogen and oxygen atoms in total. The van der Waals surface area contributed by atoms with Gasteiger partial charge in [-0.2, -0.15) is 0 Å². The normalized spacial score (nSPS) is 10.0. The van der Waals surface area contributed by atoms with Crippen LogP contribution in [0.15, 0.2) is 42.7 Å². The lowest BCUT2D eigenvalue weighted by molar-refractivity contribution is -0.117. The van der Waals surface area contributed by atoms with E-state index in [2.05, 4.69) is 15.3 Å². The van der Waals surface area contributed by atoms with Gasteiger partial charge in [-0.25, -0.2) is 4.98 Å². The highest BCUT2D eigenvalue weighted by molar-refractivity contribution is 5.87. The average Bonchev–Trinajstić information content (AvgIpc) is 2.81. The molecule has 1 heterocycles. The second-order valence-electron chi connectivity index (χ2n) is 3.32. The zero-order valence-corrected chi connectivity index (χ0v) is 8.68. The first-order valence-corrected chi connectivity index (χ1v) is 5.00. The Balaban J connectivity index is 1.80. The minimum Gasteiger partial charge on any atom is -0.351 e. The van der Waals surface area contributed by atoms with Crippen LogP contribution < -0.4 is 5.32 Å². The molecule has 1 radical (unpaired) electrons. The van der Waals surface area contributed by atoms with Crippen molar-refractivity contribution in [3.05, 3.63) is 60.5 Å². The molecule has 0 atom stereocenters. The van der Waals surface area contributed by atoms with Crippen molar-refractivity contribution in [3.8, 4) is 0 Å². The number of aromatic nitrogens is 2. The Morgan fingerprint density at radius 2 is 2.19 bits per heavy atom. The summed E-state index contributed by atoms with van der Waals surface area (Å²) in [5.41, 5.74) is 1.07. The van der Waals surface area contributed by atoms with Gasteiger partial charge < -0.3 is 10.3 Å². The summed E-state index contributed by atoms with van der Waals surface area (Å²) in [6.45, 7) is 0.525. The van der Waals surface area contributed by atoms with Crippen molar-refractivity contribution >= 4 is 5.91 Å². The summed E-state index contributed by atoms with van der Waals surface area (Å²) in [4.78, 5) is 18.2. The Morgan fingerprint density at radius 3 is 2.88 bits per heavy atom. The molecule has 0 saturated heterocycles. The zero-order chi connectivity index (χ0) is 11.2. The molecule has 2 N–H and O–H groups in total. The van der Waals surface area contributed by atoms with Gasteiger partial charge in [-0.05, 0) is 5.56 Å². The van der Waals surface area contributed by atoms with Gasteiger partial charge in [0.05, 0.1) is 0 Å². The van der Waals surface area contributed by atoms with Crippen molar-refractivity contribution in [2.24, 2.45) is 0 Å². The van der Waals surface area contributed by atoms with Crippen LogP contribution in [0.3, 0.4) is 0 Å². The van der Waals surface area contributed by atoms with Crippen LogP contribution in [0.1, 0.15) is 11.4 Å². The maximum atomic E-state index is 11.5. The van der Waals surface area contributed by atoms with E-state index in [1.165, 1.54) is 6.42 Å². The Hall–Kier alpha value is -2.10. The lowest BCUT2D eigenvalue weighted by Crippen LogP contribution is -2.23. The lowest BCUT2D eigenvalue weighted by Gasteiger charge is -2.03. The highest BCUT2D eigenvalue weighted by atomic mass is 16.1. The molecule has 0 spiro atoms. The number of rotatable bonds is 4. The first kappa shape index (κ1) is 10.4. The predicted octanol–water partition coefficient (Wildman–Crippen LogP) is 1.28. The van der Waals surface area contributed by atoms with Crippen molar-refractivity contribution in [1.29, 1.82) is 0 Å². The molecule has 0 aliphatic rings. The highest BCUT2D eigenvalue weighted by Gasteiger charge is 2.04. The van der Waals surface area contributed by atoms with Gasteiger partial charge >= 0.3 is 0 Å². The number of nitrogens with zero attached hydrogens (tertiary/aromatic N) is 1. The molecule has 2 aromatic rings. The van der Waals surface area contributed by atoms with Crippen molar-refractivity contribution < 1.29 is 4.79 Å². The molecular formula is C12H12N3O. The van der Waals surface area contributed by atoms with Crippen LogP contribution in [-0.4, -0.2) is 15.9 Å². The molecule has 1 amide bonds. The number of amides is 1. The molecular weight excluding hydrogens is 202 g/mol. The second-order valence-corrected chi connectivity index (χ2v) is 3.32. The third-order valence-corrected chi connectivity index (χ3v) is 2.10. The van der Waals surface area contributed by atoms with Gasteiger partial charge in [0, 0.05) is 18.9 Å². The number of nitrogens with one attached hydrogen (secondary N) is 2. The topological polar surface area (TPSA) is 57.8 Å². The van der Waals surface area contributed by atoms with Crippen molar-refractivity contribution in [3.63, 3.8) is 0 Å². The fourth-order valence-corrected chi connectivity index (χ4v) is 1.32. The monoisotopic (exact) mass is 214 g/mol. The minimum absolute atomic E-state index is 0.154. The Kier molecular flexibility index (Phi) is 3.33. The average molecular weight is 214 g/mol. The van der Waals surface area contributed by atoms with E-state index in [4.69, 9.17) is 0 Å². The van der Waals surface area contributed by atoms with E-state index in [0.717, 1.165) is 5.56 Å². The van der Waals surface area contributed by atoms with Gasteiger partial charge in [-0.15, -0.1) is 0 Å². The number of carbonyl (C=O) groups excluding carboxylic acids is 1. The van der Waals surface area contributed by atoms with E-state index in [-0.39, 0.29) is 5.91 Å². The van der Waals surface area contributed by atoms with Gasteiger partial charge in [0.25, 0.3) is 0 Å². The first-order chi connectivity index (χ1) is 7.84. The van der Waals surface area contributed by atoms with E-state index < -0.39 is 0 Å². The summed E-state index contributed by atoms with van der Waals surface area (Å²) in [6.07, 6.45) is 4.72. The zero-order valence-electron chi connectivity index (χ0n) is 8.68. The second kappa shape index (κ2) is 5.11. The largest absolute Gasteiger partial charge is 0.351 e. The highest BCUT2D eigenvalue weighted by Crippen LogP contribution is 1.98. The number of H-pyrrole nitrogens is 1. The number of benzene rings is 1. The van der Waals surface area contributed by atoms with E-state index in [9.17, 15) is 4.79 Å². The van der Waals surface area contributed by atoms with E-state index in [1.54, 1.807) is 12.4 Å². The maximum Gasteiger partial charge on any atom is 0.232 e. The van der Waals surface area contributed by atoms with Gasteiger partial charge in [0.15, 0.2) is 0 Å². The molecule has 4 heteroatoms. The molecule has 0 unspecified atom stereocenters. The van der Waals surface area contributed by atoms with Crippen molar-refractivity contribution in [2.75, 3.05) is 0 Å². The number of carbonyl (C=O) groups is 1. The molecule has 1 aromatic carbocycles. The molecule has 0 aliphatic heterocycles. The molecule has 0 fully saturated rings. The van der Waals surface area contributed by atoms with Crippen LogP contribution in [-0.2, 0) is 11.3 Å². The van der Waals surface area contributed by atoms with Crippen LogP contribution in [0.5, 0.6) is 0 Å². The standard InChI is InChI=1S/C12H12N3O/c16-12(8-11-13-6-7-14-11)15-9-10-4-2-1-3-5-10/h1-8H,9H2,(H,13,14)(H,15,16). The van der Waals surface area contributed by atoms with Gasteiger partial charge in [-0.1, -0.05) is 30.3 Å². The fraction of sp³-hybridized carbons (Fsp3) is 0.0833. The number of aromatic amines is 1. The summed E-state index contributed by atoms with van der Waals surface area (Å²) in [7, 11) is 0. The number of imidazole rings is 1. The first-order valence-electron chi connectivity index (χ1n) is 5.00. The van der Waals surface area contributed by atoms with Crippen LogP contribution in [0.4, 0.5) is 0 Å². The molecule has 0 aliphatic carbocycles. The lowest BCUT2D eigenvalue weighted by atomic mass is 10.2. The predicted molar refractivity (Wildman–Crippen MR) is 60.3 cm³/mol. The van der Waals surface area contributed by atoms with Crippen LogP contribution in [0.25, 0.3) is 0 Å². The van der Waals surface area contributed by atoms with Crippen molar-refractivity contribution in [2.45, 2.75) is 6.54 Å². The molecule has 16 heavy (non-hydrogen) atoms. The van der Waals surface area contributed by atoms with Crippen LogP contribution >= 0.6 is 0 Å². The Bertz CT molecular complexity index is 437. The van der Waals surface area contributed by atoms with E-state index in [1.807, 2.05) is 30.3 Å². The number of hydrogen-bond acceptors (Lipinski definition) is 2. The molecule has 0 saturated carbocycles. The Morgan fingerprint density at radius 1 is 1.38 bits per heavy atom. The SMILES string of the molecule is O=C([CH]c1ncc[nH]1)NCc1ccccc1. The Labute approximate surface area is 93.7 Å².